The van der Waals surface area contributed by atoms with E-state index in [-0.39, 0.29) is 12.7 Å². The van der Waals surface area contributed by atoms with Gasteiger partial charge in [-0.15, -0.1) is 0 Å². The Morgan fingerprint density at radius 3 is 1.93 bits per heavy atom. The van der Waals surface area contributed by atoms with Crippen LogP contribution in [-0.4, -0.2) is 17.8 Å². The molecule has 4 nitrogen and oxygen atoms in total. The number of fused-ring (bicyclic) bond motifs is 1. The third-order valence-corrected chi connectivity index (χ3v) is 4.55. The number of benzene rings is 3. The second-order valence-electron chi connectivity index (χ2n) is 6.58. The molecule has 0 saturated heterocycles. The van der Waals surface area contributed by atoms with Crippen LogP contribution in [0.25, 0.3) is 0 Å². The second-order valence-corrected chi connectivity index (χ2v) is 6.58. The maximum atomic E-state index is 9.39. The molecule has 1 aliphatic heterocycles. The van der Waals surface area contributed by atoms with E-state index in [4.69, 9.17) is 14.2 Å². The number of aliphatic hydroxyl groups excluding tert-OH is 1. The Bertz CT molecular complexity index is 805. The Balaban J connectivity index is 1.55. The highest BCUT2D eigenvalue weighted by atomic mass is 16.5. The van der Waals surface area contributed by atoms with Gasteiger partial charge in [0.2, 0.25) is 0 Å². The van der Waals surface area contributed by atoms with Crippen molar-refractivity contribution in [2.75, 3.05) is 6.61 Å². The molecule has 0 bridgehead atoms. The summed E-state index contributed by atoms with van der Waals surface area (Å²) in [6.07, 6.45) is 0.471. The van der Waals surface area contributed by atoms with Crippen LogP contribution in [0.4, 0.5) is 0 Å². The number of hydrogen-bond acceptors (Lipinski definition) is 4. The first kappa shape index (κ1) is 17.4. The van der Waals surface area contributed by atoms with Crippen LogP contribution in [0.5, 0.6) is 17.2 Å². The standard InChI is InChI=1S/C23H22O4/c24-14-20-11-19-12-22(25-15-17-7-3-1-4-8-17)23(13-21(19)27-20)26-16-18-9-5-2-6-10-18/h1-10,12-13,20,24H,11,14-16H2. The molecule has 0 aliphatic carbocycles. The van der Waals surface area contributed by atoms with E-state index in [0.29, 0.717) is 31.1 Å². The van der Waals surface area contributed by atoms with Crippen LogP contribution in [0, 0.1) is 0 Å². The van der Waals surface area contributed by atoms with Crippen molar-refractivity contribution in [1.29, 1.82) is 0 Å². The maximum Gasteiger partial charge on any atom is 0.165 e. The lowest BCUT2D eigenvalue weighted by molar-refractivity contribution is 0.134. The van der Waals surface area contributed by atoms with E-state index in [0.717, 1.165) is 22.4 Å². The van der Waals surface area contributed by atoms with Crippen LogP contribution in [-0.2, 0) is 19.6 Å². The highest BCUT2D eigenvalue weighted by Gasteiger charge is 2.25. The zero-order valence-corrected chi connectivity index (χ0v) is 15.0. The molecule has 1 N–H and O–H groups in total. The number of ether oxygens (including phenoxy) is 3. The molecule has 0 radical (unpaired) electrons. The van der Waals surface area contributed by atoms with Crippen LogP contribution >= 0.6 is 0 Å². The number of rotatable bonds is 7. The lowest BCUT2D eigenvalue weighted by Gasteiger charge is -2.15. The zero-order valence-electron chi connectivity index (χ0n) is 15.0. The summed E-state index contributed by atoms with van der Waals surface area (Å²) in [5.74, 6) is 2.09. The molecule has 1 unspecified atom stereocenters. The first-order valence-corrected chi connectivity index (χ1v) is 9.09. The summed E-state index contributed by atoms with van der Waals surface area (Å²) in [5.41, 5.74) is 3.21. The quantitative estimate of drug-likeness (QED) is 0.686. The van der Waals surface area contributed by atoms with Gasteiger partial charge < -0.3 is 19.3 Å². The van der Waals surface area contributed by atoms with E-state index in [9.17, 15) is 5.11 Å². The fraction of sp³-hybridized carbons (Fsp3) is 0.217. The molecule has 0 amide bonds. The summed E-state index contributed by atoms with van der Waals surface area (Å²) in [4.78, 5) is 0. The van der Waals surface area contributed by atoms with Gasteiger partial charge in [-0.25, -0.2) is 0 Å². The van der Waals surface area contributed by atoms with Crippen molar-refractivity contribution in [3.05, 3.63) is 89.5 Å². The maximum absolute atomic E-state index is 9.39. The van der Waals surface area contributed by atoms with Gasteiger partial charge in [0, 0.05) is 18.1 Å². The van der Waals surface area contributed by atoms with Gasteiger partial charge in [0.15, 0.2) is 11.5 Å². The highest BCUT2D eigenvalue weighted by Crippen LogP contribution is 2.40. The monoisotopic (exact) mass is 362 g/mol. The van der Waals surface area contributed by atoms with Crippen molar-refractivity contribution in [3.8, 4) is 17.2 Å². The SMILES string of the molecule is OCC1Cc2cc(OCc3ccccc3)c(OCc3ccccc3)cc2O1. The molecular weight excluding hydrogens is 340 g/mol. The van der Waals surface area contributed by atoms with Crippen LogP contribution in [0.2, 0.25) is 0 Å². The van der Waals surface area contributed by atoms with Crippen molar-refractivity contribution >= 4 is 0 Å². The van der Waals surface area contributed by atoms with Gasteiger partial charge in [0.05, 0.1) is 6.61 Å². The molecule has 0 fully saturated rings. The molecule has 138 valence electrons. The second kappa shape index (κ2) is 8.14. The predicted molar refractivity (Wildman–Crippen MR) is 103 cm³/mol. The fourth-order valence-corrected chi connectivity index (χ4v) is 3.12. The summed E-state index contributed by atoms with van der Waals surface area (Å²) in [6.45, 7) is 0.908. The van der Waals surface area contributed by atoms with E-state index in [1.807, 2.05) is 72.8 Å². The molecule has 1 heterocycles. The topological polar surface area (TPSA) is 47.9 Å². The Morgan fingerprint density at radius 1 is 0.815 bits per heavy atom. The molecular formula is C23H22O4. The largest absolute Gasteiger partial charge is 0.487 e. The van der Waals surface area contributed by atoms with Gasteiger partial charge in [-0.2, -0.15) is 0 Å². The smallest absolute Gasteiger partial charge is 0.165 e. The van der Waals surface area contributed by atoms with Crippen molar-refractivity contribution in [1.82, 2.24) is 0 Å². The average molecular weight is 362 g/mol. The summed E-state index contributed by atoms with van der Waals surface area (Å²) in [6, 6.07) is 23.9. The lowest BCUT2D eigenvalue weighted by atomic mass is 10.1. The van der Waals surface area contributed by atoms with Crippen molar-refractivity contribution < 1.29 is 19.3 Å². The molecule has 0 spiro atoms. The van der Waals surface area contributed by atoms with Crippen LogP contribution in [0.3, 0.4) is 0 Å². The molecule has 4 rings (SSSR count). The molecule has 3 aromatic rings. The summed E-state index contributed by atoms with van der Waals surface area (Å²) in [7, 11) is 0. The molecule has 0 saturated carbocycles. The minimum absolute atomic E-state index is 0.00487. The summed E-state index contributed by atoms with van der Waals surface area (Å²) >= 11 is 0. The van der Waals surface area contributed by atoms with Crippen molar-refractivity contribution in [2.24, 2.45) is 0 Å². The number of hydrogen-bond donors (Lipinski definition) is 1. The molecule has 1 aliphatic rings. The van der Waals surface area contributed by atoms with Gasteiger partial charge in [-0.3, -0.25) is 0 Å². The molecule has 3 aromatic carbocycles. The van der Waals surface area contributed by atoms with Gasteiger partial charge in [-0.05, 0) is 17.2 Å². The first-order chi connectivity index (χ1) is 13.3. The lowest BCUT2D eigenvalue weighted by Crippen LogP contribution is -2.17. The Kier molecular flexibility index (Phi) is 5.26. The molecule has 4 heteroatoms. The highest BCUT2D eigenvalue weighted by molar-refractivity contribution is 5.52. The van der Waals surface area contributed by atoms with Crippen molar-refractivity contribution in [3.63, 3.8) is 0 Å². The third kappa shape index (κ3) is 4.23. The van der Waals surface area contributed by atoms with Gasteiger partial charge in [-0.1, -0.05) is 60.7 Å². The predicted octanol–water partition coefficient (Wildman–Crippen LogP) is 4.14. The minimum atomic E-state index is -0.202. The molecule has 0 aromatic heterocycles. The Labute approximate surface area is 158 Å². The first-order valence-electron chi connectivity index (χ1n) is 9.09. The Morgan fingerprint density at radius 2 is 1.37 bits per heavy atom. The zero-order chi connectivity index (χ0) is 18.5. The minimum Gasteiger partial charge on any atom is -0.487 e. The fourth-order valence-electron chi connectivity index (χ4n) is 3.12. The van der Waals surface area contributed by atoms with Crippen LogP contribution in [0.1, 0.15) is 16.7 Å². The third-order valence-electron chi connectivity index (χ3n) is 4.55. The van der Waals surface area contributed by atoms with E-state index < -0.39 is 0 Å². The van der Waals surface area contributed by atoms with Gasteiger partial charge >= 0.3 is 0 Å². The molecule has 27 heavy (non-hydrogen) atoms. The van der Waals surface area contributed by atoms with Gasteiger partial charge in [0.1, 0.15) is 25.1 Å². The summed E-state index contributed by atoms with van der Waals surface area (Å²) in [5, 5.41) is 9.39. The Hall–Kier alpha value is -2.98. The molecule has 1 atom stereocenters. The number of aliphatic hydroxyl groups is 1. The van der Waals surface area contributed by atoms with E-state index in [2.05, 4.69) is 0 Å². The van der Waals surface area contributed by atoms with E-state index in [1.54, 1.807) is 0 Å². The summed E-state index contributed by atoms with van der Waals surface area (Å²) < 4.78 is 17.9. The van der Waals surface area contributed by atoms with Crippen molar-refractivity contribution in [2.45, 2.75) is 25.7 Å². The normalized spacial score (nSPS) is 15.1. The van der Waals surface area contributed by atoms with Gasteiger partial charge in [0.25, 0.3) is 0 Å². The average Bonchev–Trinajstić information content (AvgIpc) is 3.14. The van der Waals surface area contributed by atoms with Crippen LogP contribution < -0.4 is 14.2 Å². The van der Waals surface area contributed by atoms with E-state index >= 15 is 0 Å². The van der Waals surface area contributed by atoms with Crippen LogP contribution in [0.15, 0.2) is 72.8 Å². The van der Waals surface area contributed by atoms with E-state index in [1.165, 1.54) is 0 Å².